The van der Waals surface area contributed by atoms with Crippen molar-refractivity contribution in [3.05, 3.63) is 28.3 Å². The highest BCUT2D eigenvalue weighted by molar-refractivity contribution is 7.89. The number of nitrogens with zero attached hydrogens (tertiary/aromatic N) is 2. The molecule has 116 valence electrons. The first-order valence-corrected chi connectivity index (χ1v) is 7.73. The van der Waals surface area contributed by atoms with Gasteiger partial charge in [-0.25, -0.2) is 13.4 Å². The predicted octanol–water partition coefficient (Wildman–Crippen LogP) is 0.162. The molecule has 1 fully saturated rings. The molecular formula is C11H16N4O5S. The summed E-state index contributed by atoms with van der Waals surface area (Å²) in [5.74, 6) is 0. The molecule has 1 heterocycles. The first-order chi connectivity index (χ1) is 9.94. The SMILES string of the molecule is CNc1cc(S(=O)(=O)NN2CCOCC2)ccc1[N+](=O)[O-]. The molecule has 9 nitrogen and oxygen atoms in total. The lowest BCUT2D eigenvalue weighted by Crippen LogP contribution is -2.48. The Hall–Kier alpha value is -1.75. The number of hydrogen-bond donors (Lipinski definition) is 2. The molecule has 1 aliphatic heterocycles. The Balaban J connectivity index is 2.25. The summed E-state index contributed by atoms with van der Waals surface area (Å²) in [6, 6.07) is 3.61. The molecular weight excluding hydrogens is 300 g/mol. The molecule has 0 saturated carbocycles. The smallest absolute Gasteiger partial charge is 0.292 e. The molecule has 1 aromatic carbocycles. The zero-order valence-corrected chi connectivity index (χ0v) is 12.2. The highest BCUT2D eigenvalue weighted by Gasteiger charge is 2.23. The van der Waals surface area contributed by atoms with Crippen molar-refractivity contribution in [3.8, 4) is 0 Å². The zero-order chi connectivity index (χ0) is 15.5. The van der Waals surface area contributed by atoms with Gasteiger partial charge in [0, 0.05) is 26.2 Å². The Bertz CT molecular complexity index is 628. The van der Waals surface area contributed by atoms with Crippen LogP contribution in [0.1, 0.15) is 0 Å². The predicted molar refractivity (Wildman–Crippen MR) is 75.4 cm³/mol. The van der Waals surface area contributed by atoms with E-state index in [-0.39, 0.29) is 16.3 Å². The van der Waals surface area contributed by atoms with Crippen LogP contribution in [0.3, 0.4) is 0 Å². The van der Waals surface area contributed by atoms with Gasteiger partial charge in [0.1, 0.15) is 5.69 Å². The minimum Gasteiger partial charge on any atom is -0.383 e. The lowest BCUT2D eigenvalue weighted by Gasteiger charge is -2.26. The van der Waals surface area contributed by atoms with Gasteiger partial charge >= 0.3 is 0 Å². The molecule has 0 unspecified atom stereocenters. The van der Waals surface area contributed by atoms with E-state index < -0.39 is 14.9 Å². The monoisotopic (exact) mass is 316 g/mol. The van der Waals surface area contributed by atoms with Gasteiger partial charge in [0.15, 0.2) is 0 Å². The van der Waals surface area contributed by atoms with Crippen molar-refractivity contribution in [2.24, 2.45) is 0 Å². The van der Waals surface area contributed by atoms with Crippen LogP contribution in [0.2, 0.25) is 0 Å². The number of hydrazine groups is 1. The van der Waals surface area contributed by atoms with Crippen molar-refractivity contribution in [3.63, 3.8) is 0 Å². The Morgan fingerprint density at radius 1 is 1.33 bits per heavy atom. The molecule has 0 aliphatic carbocycles. The molecule has 21 heavy (non-hydrogen) atoms. The minimum absolute atomic E-state index is 0.0380. The highest BCUT2D eigenvalue weighted by atomic mass is 32.2. The highest BCUT2D eigenvalue weighted by Crippen LogP contribution is 2.26. The van der Waals surface area contributed by atoms with Gasteiger partial charge in [-0.05, 0) is 12.1 Å². The van der Waals surface area contributed by atoms with E-state index in [4.69, 9.17) is 4.74 Å². The van der Waals surface area contributed by atoms with Gasteiger partial charge in [-0.15, -0.1) is 4.83 Å². The first-order valence-electron chi connectivity index (χ1n) is 6.25. The molecule has 0 atom stereocenters. The summed E-state index contributed by atoms with van der Waals surface area (Å²) in [6.07, 6.45) is 0. The number of hydrogen-bond acceptors (Lipinski definition) is 7. The third-order valence-corrected chi connectivity index (χ3v) is 4.38. The molecule has 2 rings (SSSR count). The van der Waals surface area contributed by atoms with E-state index in [0.717, 1.165) is 0 Å². The minimum atomic E-state index is -3.78. The van der Waals surface area contributed by atoms with Gasteiger partial charge in [-0.1, -0.05) is 0 Å². The van der Waals surface area contributed by atoms with E-state index in [2.05, 4.69) is 10.1 Å². The number of rotatable bonds is 5. The van der Waals surface area contributed by atoms with Crippen molar-refractivity contribution in [1.29, 1.82) is 0 Å². The van der Waals surface area contributed by atoms with E-state index in [0.29, 0.717) is 26.3 Å². The maximum Gasteiger partial charge on any atom is 0.292 e. The molecule has 1 saturated heterocycles. The Kier molecular flexibility index (Phi) is 4.73. The summed E-state index contributed by atoms with van der Waals surface area (Å²) in [7, 11) is -2.28. The second kappa shape index (κ2) is 6.35. The summed E-state index contributed by atoms with van der Waals surface area (Å²) < 4.78 is 29.7. The van der Waals surface area contributed by atoms with E-state index in [9.17, 15) is 18.5 Å². The van der Waals surface area contributed by atoms with E-state index in [1.54, 1.807) is 5.01 Å². The second-order valence-corrected chi connectivity index (χ2v) is 6.04. The lowest BCUT2D eigenvalue weighted by atomic mass is 10.3. The van der Waals surface area contributed by atoms with Crippen LogP contribution in [-0.4, -0.2) is 51.7 Å². The standard InChI is InChI=1S/C11H16N4O5S/c1-12-10-8-9(2-3-11(10)15(16)17)21(18,19)13-14-4-6-20-7-5-14/h2-3,8,12-13H,4-7H2,1H3. The molecule has 0 spiro atoms. The molecule has 10 heteroatoms. The molecule has 0 amide bonds. The molecule has 0 aromatic heterocycles. The van der Waals surface area contributed by atoms with Crippen LogP contribution in [0.5, 0.6) is 0 Å². The van der Waals surface area contributed by atoms with Crippen LogP contribution >= 0.6 is 0 Å². The van der Waals surface area contributed by atoms with Crippen LogP contribution in [-0.2, 0) is 14.8 Å². The second-order valence-electron chi connectivity index (χ2n) is 4.38. The maximum atomic E-state index is 12.3. The Morgan fingerprint density at radius 2 is 2.00 bits per heavy atom. The molecule has 1 aromatic rings. The maximum absolute atomic E-state index is 12.3. The number of nitro benzene ring substituents is 1. The number of nitro groups is 1. The van der Waals surface area contributed by atoms with Crippen molar-refractivity contribution in [2.45, 2.75) is 4.90 Å². The summed E-state index contributed by atoms with van der Waals surface area (Å²) in [5, 5.41) is 15.0. The zero-order valence-electron chi connectivity index (χ0n) is 11.4. The van der Waals surface area contributed by atoms with Crippen LogP contribution in [0, 0.1) is 10.1 Å². The number of morpholine rings is 1. The topological polar surface area (TPSA) is 114 Å². The average Bonchev–Trinajstić information content (AvgIpc) is 2.47. The molecule has 1 aliphatic rings. The molecule has 0 bridgehead atoms. The van der Waals surface area contributed by atoms with E-state index >= 15 is 0 Å². The largest absolute Gasteiger partial charge is 0.383 e. The van der Waals surface area contributed by atoms with Crippen LogP contribution in [0.15, 0.2) is 23.1 Å². The van der Waals surface area contributed by atoms with Crippen LogP contribution in [0.4, 0.5) is 11.4 Å². The van der Waals surface area contributed by atoms with E-state index in [1.165, 1.54) is 25.2 Å². The summed E-state index contributed by atoms with van der Waals surface area (Å²) in [5.41, 5.74) is -0.0346. The number of anilines is 1. The Morgan fingerprint density at radius 3 is 2.57 bits per heavy atom. The third kappa shape index (κ3) is 3.67. The fraction of sp³-hybridized carbons (Fsp3) is 0.455. The van der Waals surface area contributed by atoms with Crippen molar-refractivity contribution in [1.82, 2.24) is 9.84 Å². The van der Waals surface area contributed by atoms with Gasteiger partial charge in [0.05, 0.1) is 23.0 Å². The van der Waals surface area contributed by atoms with Crippen LogP contribution in [0.25, 0.3) is 0 Å². The molecule has 0 radical (unpaired) electrons. The normalized spacial score (nSPS) is 16.6. The quantitative estimate of drug-likeness (QED) is 0.587. The van der Waals surface area contributed by atoms with Crippen molar-refractivity contribution < 1.29 is 18.1 Å². The van der Waals surface area contributed by atoms with Crippen molar-refractivity contribution >= 4 is 21.4 Å². The number of benzene rings is 1. The van der Waals surface area contributed by atoms with Gasteiger partial charge in [-0.2, -0.15) is 0 Å². The molecule has 2 N–H and O–H groups in total. The van der Waals surface area contributed by atoms with Gasteiger partial charge in [0.25, 0.3) is 15.7 Å². The average molecular weight is 316 g/mol. The lowest BCUT2D eigenvalue weighted by molar-refractivity contribution is -0.384. The van der Waals surface area contributed by atoms with Gasteiger partial charge < -0.3 is 10.1 Å². The number of sulfonamides is 1. The fourth-order valence-electron chi connectivity index (χ4n) is 1.92. The number of nitrogens with one attached hydrogen (secondary N) is 2. The Labute approximate surface area is 122 Å². The summed E-state index contributed by atoms with van der Waals surface area (Å²) in [6.45, 7) is 1.80. The van der Waals surface area contributed by atoms with Gasteiger partial charge in [-0.3, -0.25) is 10.1 Å². The van der Waals surface area contributed by atoms with Crippen LogP contribution < -0.4 is 10.1 Å². The van der Waals surface area contributed by atoms with E-state index in [1.807, 2.05) is 0 Å². The first kappa shape index (κ1) is 15.6. The van der Waals surface area contributed by atoms with Crippen molar-refractivity contribution in [2.75, 3.05) is 38.7 Å². The number of ether oxygens (including phenoxy) is 1. The third-order valence-electron chi connectivity index (χ3n) is 3.00. The fourth-order valence-corrected chi connectivity index (χ4v) is 3.07. The summed E-state index contributed by atoms with van der Waals surface area (Å²) >= 11 is 0. The summed E-state index contributed by atoms with van der Waals surface area (Å²) in [4.78, 5) is 12.7. The van der Waals surface area contributed by atoms with Gasteiger partial charge in [0.2, 0.25) is 0 Å².